The first-order valence-electron chi connectivity index (χ1n) is 3.54. The summed E-state index contributed by atoms with van der Waals surface area (Å²) in [5.74, 6) is 1.96. The zero-order valence-corrected chi connectivity index (χ0v) is 7.03. The van der Waals surface area contributed by atoms with E-state index < -0.39 is 4.92 Å². The number of nitrogens with zero attached hydrogens (tertiary/aromatic N) is 3. The molecule has 6 heteroatoms. The monoisotopic (exact) mass is 185 g/mol. The Labute approximate surface area is 72.9 Å². The third-order valence-corrected chi connectivity index (χ3v) is 3.02. The predicted octanol–water partition coefficient (Wildman–Crippen LogP) is 1.08. The molecule has 0 aliphatic carbocycles. The predicted molar refractivity (Wildman–Crippen MR) is 45.2 cm³/mol. The summed E-state index contributed by atoms with van der Waals surface area (Å²) in [5.41, 5.74) is 0. The summed E-state index contributed by atoms with van der Waals surface area (Å²) in [6, 6.07) is 1.80. The van der Waals surface area contributed by atoms with Gasteiger partial charge in [0.1, 0.15) is 0 Å². The molecule has 1 saturated heterocycles. The van der Waals surface area contributed by atoms with Crippen LogP contribution in [0.25, 0.3) is 0 Å². The van der Waals surface area contributed by atoms with Gasteiger partial charge in [-0.1, -0.05) is 0 Å². The van der Waals surface area contributed by atoms with Gasteiger partial charge in [-0.05, 0) is 4.92 Å². The Hall–Kier alpha value is -1.04. The Morgan fingerprint density at radius 1 is 1.75 bits per heavy atom. The molecule has 1 fully saturated rings. The molecule has 0 atom stereocenters. The van der Waals surface area contributed by atoms with Crippen LogP contribution in [0.4, 0.5) is 5.82 Å². The van der Waals surface area contributed by atoms with E-state index in [4.69, 9.17) is 0 Å². The van der Waals surface area contributed by atoms with Crippen LogP contribution in [0, 0.1) is 10.1 Å². The molecule has 1 aromatic heterocycles. The maximum atomic E-state index is 10.3. The van der Waals surface area contributed by atoms with Crippen LogP contribution in [0.1, 0.15) is 6.04 Å². The standard InChI is InChI=1S/C6H7N3O2S/c10-9(11)6-1-2-8(7-6)5-3-12-4-5/h1-2,5H,3-4H2. The minimum absolute atomic E-state index is 0.0631. The molecule has 0 unspecified atom stereocenters. The molecule has 12 heavy (non-hydrogen) atoms. The van der Waals surface area contributed by atoms with Crippen molar-refractivity contribution in [2.24, 2.45) is 0 Å². The van der Waals surface area contributed by atoms with Gasteiger partial charge in [0.15, 0.2) is 0 Å². The molecule has 64 valence electrons. The molecule has 0 spiro atoms. The minimum atomic E-state index is -0.470. The highest BCUT2D eigenvalue weighted by molar-refractivity contribution is 8.00. The molecule has 0 aromatic carbocycles. The van der Waals surface area contributed by atoms with Gasteiger partial charge in [0.05, 0.1) is 23.4 Å². The summed E-state index contributed by atoms with van der Waals surface area (Å²) in [4.78, 5) is 9.80. The summed E-state index contributed by atoms with van der Waals surface area (Å²) in [5, 5.41) is 14.1. The highest BCUT2D eigenvalue weighted by Crippen LogP contribution is 2.29. The van der Waals surface area contributed by atoms with Crippen LogP contribution in [0.3, 0.4) is 0 Å². The van der Waals surface area contributed by atoms with Gasteiger partial charge in [-0.15, -0.1) is 0 Å². The van der Waals surface area contributed by atoms with E-state index in [-0.39, 0.29) is 5.82 Å². The first-order valence-corrected chi connectivity index (χ1v) is 4.70. The number of aromatic nitrogens is 2. The molecule has 5 nitrogen and oxygen atoms in total. The number of hydrogen-bond acceptors (Lipinski definition) is 4. The van der Waals surface area contributed by atoms with Crippen molar-refractivity contribution in [3.05, 3.63) is 22.4 Å². The lowest BCUT2D eigenvalue weighted by Crippen LogP contribution is -2.23. The summed E-state index contributed by atoms with van der Waals surface area (Å²) >= 11 is 1.83. The number of nitro groups is 1. The maximum Gasteiger partial charge on any atom is 0.389 e. The van der Waals surface area contributed by atoms with Gasteiger partial charge in [-0.2, -0.15) is 16.4 Å². The lowest BCUT2D eigenvalue weighted by Gasteiger charge is -2.21. The van der Waals surface area contributed by atoms with Gasteiger partial charge < -0.3 is 10.1 Å². The van der Waals surface area contributed by atoms with Crippen LogP contribution in [-0.4, -0.2) is 26.2 Å². The molecular weight excluding hydrogens is 178 g/mol. The van der Waals surface area contributed by atoms with E-state index in [2.05, 4.69) is 5.10 Å². The second-order valence-corrected chi connectivity index (χ2v) is 3.68. The van der Waals surface area contributed by atoms with Crippen molar-refractivity contribution in [3.63, 3.8) is 0 Å². The lowest BCUT2D eigenvalue weighted by atomic mass is 10.4. The molecule has 1 aliphatic heterocycles. The van der Waals surface area contributed by atoms with E-state index in [1.165, 1.54) is 6.07 Å². The van der Waals surface area contributed by atoms with Crippen molar-refractivity contribution < 1.29 is 4.92 Å². The van der Waals surface area contributed by atoms with Gasteiger partial charge in [-0.25, -0.2) is 0 Å². The van der Waals surface area contributed by atoms with E-state index in [0.29, 0.717) is 6.04 Å². The van der Waals surface area contributed by atoms with E-state index in [1.807, 2.05) is 11.8 Å². The molecular formula is C6H7N3O2S. The van der Waals surface area contributed by atoms with Gasteiger partial charge in [0.25, 0.3) is 0 Å². The summed E-state index contributed by atoms with van der Waals surface area (Å²) in [7, 11) is 0. The fourth-order valence-electron chi connectivity index (χ4n) is 1.00. The number of hydrogen-bond donors (Lipinski definition) is 0. The summed E-state index contributed by atoms with van der Waals surface area (Å²) in [6.07, 6.45) is 1.67. The largest absolute Gasteiger partial charge is 0.389 e. The first kappa shape index (κ1) is 7.60. The van der Waals surface area contributed by atoms with Crippen molar-refractivity contribution in [3.8, 4) is 0 Å². The van der Waals surface area contributed by atoms with Crippen molar-refractivity contribution >= 4 is 17.6 Å². The Balaban J connectivity index is 2.17. The maximum absolute atomic E-state index is 10.3. The molecule has 0 saturated carbocycles. The summed E-state index contributed by atoms with van der Waals surface area (Å²) < 4.78 is 1.68. The normalized spacial score (nSPS) is 17.3. The Bertz CT molecular complexity index is 307. The van der Waals surface area contributed by atoms with Crippen molar-refractivity contribution in [2.45, 2.75) is 6.04 Å². The van der Waals surface area contributed by atoms with Crippen LogP contribution in [0.15, 0.2) is 12.3 Å². The fraction of sp³-hybridized carbons (Fsp3) is 0.500. The zero-order chi connectivity index (χ0) is 8.55. The Kier molecular flexibility index (Phi) is 1.76. The molecule has 0 amide bonds. The van der Waals surface area contributed by atoms with Crippen LogP contribution >= 0.6 is 11.8 Å². The smallest absolute Gasteiger partial charge is 0.358 e. The van der Waals surface area contributed by atoms with Crippen molar-refractivity contribution in [1.29, 1.82) is 0 Å². The highest BCUT2D eigenvalue weighted by atomic mass is 32.2. The van der Waals surface area contributed by atoms with Gasteiger partial charge in [0.2, 0.25) is 0 Å². The second kappa shape index (κ2) is 2.78. The van der Waals surface area contributed by atoms with Crippen LogP contribution < -0.4 is 0 Å². The molecule has 2 heterocycles. The SMILES string of the molecule is O=[N+]([O-])c1ccn(C2CSC2)n1. The second-order valence-electron chi connectivity index (χ2n) is 2.60. The van der Waals surface area contributed by atoms with Crippen molar-refractivity contribution in [1.82, 2.24) is 9.78 Å². The highest BCUT2D eigenvalue weighted by Gasteiger charge is 2.24. The average Bonchev–Trinajstić information content (AvgIpc) is 2.32. The lowest BCUT2D eigenvalue weighted by molar-refractivity contribution is -0.389. The number of rotatable bonds is 2. The molecule has 0 radical (unpaired) electrons. The number of thioether (sulfide) groups is 1. The van der Waals surface area contributed by atoms with Gasteiger partial charge >= 0.3 is 5.82 Å². The van der Waals surface area contributed by atoms with Crippen LogP contribution in [-0.2, 0) is 0 Å². The fourth-order valence-corrected chi connectivity index (χ4v) is 1.76. The third kappa shape index (κ3) is 1.18. The molecule has 1 aliphatic rings. The zero-order valence-electron chi connectivity index (χ0n) is 6.21. The topological polar surface area (TPSA) is 61.0 Å². The van der Waals surface area contributed by atoms with Crippen LogP contribution in [0.5, 0.6) is 0 Å². The van der Waals surface area contributed by atoms with Gasteiger partial charge in [-0.3, -0.25) is 0 Å². The quantitative estimate of drug-likeness (QED) is 0.511. The Morgan fingerprint density at radius 2 is 2.50 bits per heavy atom. The van der Waals surface area contributed by atoms with E-state index >= 15 is 0 Å². The minimum Gasteiger partial charge on any atom is -0.358 e. The third-order valence-electron chi connectivity index (χ3n) is 1.78. The van der Waals surface area contributed by atoms with E-state index in [0.717, 1.165) is 11.5 Å². The van der Waals surface area contributed by atoms with E-state index in [1.54, 1.807) is 10.9 Å². The molecule has 0 bridgehead atoms. The van der Waals surface area contributed by atoms with Crippen LogP contribution in [0.2, 0.25) is 0 Å². The molecule has 2 rings (SSSR count). The Morgan fingerprint density at radius 3 is 2.92 bits per heavy atom. The van der Waals surface area contributed by atoms with Crippen molar-refractivity contribution in [2.75, 3.05) is 11.5 Å². The molecule has 1 aromatic rings. The van der Waals surface area contributed by atoms with E-state index in [9.17, 15) is 10.1 Å². The van der Waals surface area contributed by atoms with Gasteiger partial charge in [0, 0.05) is 11.5 Å². The molecule has 0 N–H and O–H groups in total. The average molecular weight is 185 g/mol. The first-order chi connectivity index (χ1) is 5.77. The summed E-state index contributed by atoms with van der Waals surface area (Å²) in [6.45, 7) is 0.